The molecular formula is C5HCl2FN. The van der Waals surface area contributed by atoms with Gasteiger partial charge >= 0.3 is 0 Å². The van der Waals surface area contributed by atoms with Gasteiger partial charge in [0.1, 0.15) is 0 Å². The van der Waals surface area contributed by atoms with Crippen LogP contribution in [0, 0.1) is 12.0 Å². The maximum atomic E-state index is 12.4. The molecule has 9 heavy (non-hydrogen) atoms. The van der Waals surface area contributed by atoms with E-state index in [0.29, 0.717) is 0 Å². The minimum absolute atomic E-state index is 0.0602. The highest BCUT2D eigenvalue weighted by Crippen LogP contribution is 2.18. The molecule has 0 spiro atoms. The first kappa shape index (κ1) is 6.78. The third kappa shape index (κ3) is 1.32. The van der Waals surface area contributed by atoms with Crippen LogP contribution in [0.4, 0.5) is 4.39 Å². The molecule has 4 heteroatoms. The van der Waals surface area contributed by atoms with Crippen molar-refractivity contribution in [1.82, 2.24) is 4.98 Å². The van der Waals surface area contributed by atoms with Gasteiger partial charge in [-0.15, -0.1) is 0 Å². The Morgan fingerprint density at radius 3 is 2.67 bits per heavy atom. The molecule has 0 N–H and O–H groups in total. The van der Waals surface area contributed by atoms with E-state index in [1.54, 1.807) is 0 Å². The molecule has 0 saturated heterocycles. The summed E-state index contributed by atoms with van der Waals surface area (Å²) in [6.07, 6.45) is 2.32. The van der Waals surface area contributed by atoms with Gasteiger partial charge in [0.25, 0.3) is 0 Å². The third-order valence-corrected chi connectivity index (χ3v) is 1.27. The van der Waals surface area contributed by atoms with Crippen molar-refractivity contribution in [2.45, 2.75) is 0 Å². The summed E-state index contributed by atoms with van der Waals surface area (Å²) in [5.74, 6) is -0.697. The van der Waals surface area contributed by atoms with E-state index in [4.69, 9.17) is 23.2 Å². The summed E-state index contributed by atoms with van der Waals surface area (Å²) >= 11 is 10.5. The number of rotatable bonds is 0. The highest BCUT2D eigenvalue weighted by Gasteiger charge is 2.03. The van der Waals surface area contributed by atoms with Crippen molar-refractivity contribution in [3.63, 3.8) is 0 Å². The summed E-state index contributed by atoms with van der Waals surface area (Å²) in [4.78, 5) is 3.32. The first-order valence-corrected chi connectivity index (χ1v) is 2.85. The largest absolute Gasteiger partial charge is 0.231 e. The molecule has 0 aliphatic heterocycles. The van der Waals surface area contributed by atoms with Gasteiger partial charge in [0.05, 0.1) is 11.2 Å². The van der Waals surface area contributed by atoms with Crippen LogP contribution in [0.1, 0.15) is 0 Å². The van der Waals surface area contributed by atoms with E-state index in [1.807, 2.05) is 0 Å². The second kappa shape index (κ2) is 2.50. The quantitative estimate of drug-likeness (QED) is 0.537. The lowest BCUT2D eigenvalue weighted by atomic mass is 10.5. The van der Waals surface area contributed by atoms with Gasteiger partial charge in [-0.1, -0.05) is 23.2 Å². The molecule has 0 aromatic carbocycles. The van der Waals surface area contributed by atoms with E-state index < -0.39 is 5.82 Å². The maximum Gasteiger partial charge on any atom is 0.179 e. The van der Waals surface area contributed by atoms with Crippen molar-refractivity contribution in [2.24, 2.45) is 0 Å². The summed E-state index contributed by atoms with van der Waals surface area (Å²) < 4.78 is 12.4. The van der Waals surface area contributed by atoms with E-state index in [1.165, 1.54) is 6.07 Å². The first-order valence-electron chi connectivity index (χ1n) is 2.09. The van der Waals surface area contributed by atoms with Crippen molar-refractivity contribution in [3.8, 4) is 0 Å². The van der Waals surface area contributed by atoms with E-state index in [-0.39, 0.29) is 10.2 Å². The second-order valence-electron chi connectivity index (χ2n) is 1.34. The van der Waals surface area contributed by atoms with Crippen LogP contribution in [0.25, 0.3) is 0 Å². The second-order valence-corrected chi connectivity index (χ2v) is 2.10. The van der Waals surface area contributed by atoms with Gasteiger partial charge in [-0.05, 0) is 6.07 Å². The Bertz CT molecular complexity index is 206. The Morgan fingerprint density at radius 2 is 2.22 bits per heavy atom. The molecule has 1 aromatic rings. The molecular weight excluding hydrogens is 164 g/mol. The number of halogens is 3. The molecule has 0 amide bonds. The Morgan fingerprint density at radius 1 is 1.56 bits per heavy atom. The van der Waals surface area contributed by atoms with Crippen LogP contribution < -0.4 is 0 Å². The SMILES string of the molecule is Fc1c(Cl)c[c]nc1Cl. The number of hydrogen-bond acceptors (Lipinski definition) is 1. The molecule has 0 aliphatic rings. The summed E-state index contributed by atoms with van der Waals surface area (Å²) in [6, 6.07) is 1.21. The fourth-order valence-corrected chi connectivity index (χ4v) is 0.694. The minimum Gasteiger partial charge on any atom is -0.231 e. The fraction of sp³-hybridized carbons (Fsp3) is 0. The molecule has 0 saturated carbocycles. The lowest BCUT2D eigenvalue weighted by molar-refractivity contribution is 0.622. The van der Waals surface area contributed by atoms with E-state index in [9.17, 15) is 4.39 Å². The highest BCUT2D eigenvalue weighted by molar-refractivity contribution is 6.34. The molecule has 0 unspecified atom stereocenters. The molecule has 1 aromatic heterocycles. The Hall–Kier alpha value is -0.340. The van der Waals surface area contributed by atoms with Crippen LogP contribution in [-0.2, 0) is 0 Å². The maximum absolute atomic E-state index is 12.4. The predicted molar refractivity (Wildman–Crippen MR) is 33.1 cm³/mol. The zero-order chi connectivity index (χ0) is 6.85. The van der Waals surface area contributed by atoms with Crippen molar-refractivity contribution in [3.05, 3.63) is 28.3 Å². The predicted octanol–water partition coefficient (Wildman–Crippen LogP) is 2.33. The van der Waals surface area contributed by atoms with Crippen LogP contribution in [0.15, 0.2) is 6.07 Å². The third-order valence-electron chi connectivity index (χ3n) is 0.745. The monoisotopic (exact) mass is 164 g/mol. The zero-order valence-corrected chi connectivity index (χ0v) is 5.67. The average molecular weight is 165 g/mol. The van der Waals surface area contributed by atoms with Gasteiger partial charge in [-0.25, -0.2) is 9.37 Å². The Balaban J connectivity index is 3.25. The van der Waals surface area contributed by atoms with Crippen molar-refractivity contribution < 1.29 is 4.39 Å². The van der Waals surface area contributed by atoms with Crippen molar-refractivity contribution >= 4 is 23.2 Å². The number of pyridine rings is 1. The zero-order valence-electron chi connectivity index (χ0n) is 4.16. The Labute approximate surface area is 61.4 Å². The standard InChI is InChI=1S/C5HCl2FN/c6-3-1-2-9-5(7)4(3)8/h1H. The molecule has 0 fully saturated rings. The molecule has 47 valence electrons. The number of aromatic nitrogens is 1. The number of hydrogen-bond donors (Lipinski definition) is 0. The summed E-state index contributed by atoms with van der Waals surface area (Å²) in [5, 5.41) is -0.308. The van der Waals surface area contributed by atoms with E-state index >= 15 is 0 Å². The van der Waals surface area contributed by atoms with Crippen LogP contribution in [-0.4, -0.2) is 4.98 Å². The molecule has 1 heterocycles. The number of nitrogens with zero attached hydrogens (tertiary/aromatic N) is 1. The van der Waals surface area contributed by atoms with Gasteiger partial charge in [0.15, 0.2) is 11.0 Å². The summed E-state index contributed by atoms with van der Waals surface area (Å²) in [7, 11) is 0. The van der Waals surface area contributed by atoms with Crippen molar-refractivity contribution in [2.75, 3.05) is 0 Å². The normalized spacial score (nSPS) is 9.67. The topological polar surface area (TPSA) is 12.9 Å². The van der Waals surface area contributed by atoms with Crippen LogP contribution >= 0.6 is 23.2 Å². The van der Waals surface area contributed by atoms with E-state index in [0.717, 1.165) is 0 Å². The van der Waals surface area contributed by atoms with Crippen LogP contribution in [0.5, 0.6) is 0 Å². The fourth-order valence-electron chi connectivity index (χ4n) is 0.357. The molecule has 0 bridgehead atoms. The molecule has 0 atom stereocenters. The molecule has 1 rings (SSSR count). The average Bonchev–Trinajstić information content (AvgIpc) is 1.83. The van der Waals surface area contributed by atoms with Gasteiger partial charge < -0.3 is 0 Å². The summed E-state index contributed by atoms with van der Waals surface area (Å²) in [6.45, 7) is 0. The minimum atomic E-state index is -0.697. The lowest BCUT2D eigenvalue weighted by Crippen LogP contribution is -1.81. The smallest absolute Gasteiger partial charge is 0.179 e. The summed E-state index contributed by atoms with van der Waals surface area (Å²) in [5.41, 5.74) is 0. The molecule has 1 radical (unpaired) electrons. The lowest BCUT2D eigenvalue weighted by Gasteiger charge is -1.91. The highest BCUT2D eigenvalue weighted by atomic mass is 35.5. The van der Waals surface area contributed by atoms with Gasteiger partial charge in [-0.2, -0.15) is 0 Å². The van der Waals surface area contributed by atoms with E-state index in [2.05, 4.69) is 11.2 Å². The first-order chi connectivity index (χ1) is 4.22. The van der Waals surface area contributed by atoms with Gasteiger partial charge in [0, 0.05) is 0 Å². The van der Waals surface area contributed by atoms with Crippen molar-refractivity contribution in [1.29, 1.82) is 0 Å². The molecule has 1 nitrogen and oxygen atoms in total. The van der Waals surface area contributed by atoms with Gasteiger partial charge in [0.2, 0.25) is 0 Å². The molecule has 0 aliphatic carbocycles. The van der Waals surface area contributed by atoms with Gasteiger partial charge in [-0.3, -0.25) is 0 Å². The van der Waals surface area contributed by atoms with Crippen LogP contribution in [0.2, 0.25) is 10.2 Å². The Kier molecular flexibility index (Phi) is 1.88. The van der Waals surface area contributed by atoms with Crippen LogP contribution in [0.3, 0.4) is 0 Å².